The van der Waals surface area contributed by atoms with Crippen molar-refractivity contribution in [3.8, 4) is 5.88 Å². The number of hydrogen-bond donors (Lipinski definition) is 2. The summed E-state index contributed by atoms with van der Waals surface area (Å²) in [7, 11) is -1.48. The molecule has 0 saturated carbocycles. The molecule has 1 saturated heterocycles. The Morgan fingerprint density at radius 1 is 1.35 bits per heavy atom. The van der Waals surface area contributed by atoms with Crippen LogP contribution in [0, 0.1) is 5.92 Å². The monoisotopic (exact) mass is 237 g/mol. The van der Waals surface area contributed by atoms with E-state index in [0.29, 0.717) is 23.9 Å². The zero-order valence-electron chi connectivity index (χ0n) is 9.58. The number of aromatic nitrogens is 1. The van der Waals surface area contributed by atoms with Gasteiger partial charge < -0.3 is 19.5 Å². The average molecular weight is 237 g/mol. The minimum Gasteiger partial charge on any atom is -0.477 e. The van der Waals surface area contributed by atoms with Gasteiger partial charge in [0.1, 0.15) is 0 Å². The van der Waals surface area contributed by atoms with Crippen LogP contribution in [0.25, 0.3) is 0 Å². The van der Waals surface area contributed by atoms with E-state index in [1.165, 1.54) is 6.20 Å². The fourth-order valence-electron chi connectivity index (χ4n) is 1.75. The summed E-state index contributed by atoms with van der Waals surface area (Å²) in [6.45, 7) is 2.24. The summed E-state index contributed by atoms with van der Waals surface area (Å²) in [5.41, 5.74) is 0.364. The molecule has 2 heterocycles. The number of hydrogen-bond acceptors (Lipinski definition) is 5. The Labute approximate surface area is 101 Å². The lowest BCUT2D eigenvalue weighted by molar-refractivity contribution is 0.0490. The third kappa shape index (κ3) is 3.69. The van der Waals surface area contributed by atoms with Gasteiger partial charge in [0.05, 0.1) is 6.61 Å². The lowest BCUT2D eigenvalue weighted by Crippen LogP contribution is -2.30. The standard InChI is InChI=1S/C11H16BNO4/c14-12(15)10-1-2-11(13-7-10)17-8-9-3-5-16-6-4-9/h1-2,7,9,14-15H,3-6,8H2. The normalized spacial score (nSPS) is 16.8. The third-order valence-electron chi connectivity index (χ3n) is 2.87. The largest absolute Gasteiger partial charge is 0.490 e. The van der Waals surface area contributed by atoms with E-state index in [-0.39, 0.29) is 0 Å². The fourth-order valence-corrected chi connectivity index (χ4v) is 1.75. The van der Waals surface area contributed by atoms with E-state index in [4.69, 9.17) is 19.5 Å². The SMILES string of the molecule is OB(O)c1ccc(OCC2CCOCC2)nc1. The zero-order chi connectivity index (χ0) is 12.1. The third-order valence-corrected chi connectivity index (χ3v) is 2.87. The second kappa shape index (κ2) is 6.00. The molecule has 0 spiro atoms. The Morgan fingerprint density at radius 2 is 2.12 bits per heavy atom. The summed E-state index contributed by atoms with van der Waals surface area (Å²) in [4.78, 5) is 4.01. The molecule has 1 aromatic rings. The highest BCUT2D eigenvalue weighted by Crippen LogP contribution is 2.15. The number of nitrogens with zero attached hydrogens (tertiary/aromatic N) is 1. The number of pyridine rings is 1. The highest BCUT2D eigenvalue weighted by atomic mass is 16.5. The van der Waals surface area contributed by atoms with Crippen LogP contribution in [0.5, 0.6) is 5.88 Å². The summed E-state index contributed by atoms with van der Waals surface area (Å²) >= 11 is 0. The second-order valence-corrected chi connectivity index (χ2v) is 4.17. The molecule has 1 fully saturated rings. The number of ether oxygens (including phenoxy) is 2. The Hall–Kier alpha value is -1.11. The molecule has 0 aromatic carbocycles. The Kier molecular flexibility index (Phi) is 4.36. The quantitative estimate of drug-likeness (QED) is 0.695. The van der Waals surface area contributed by atoms with Crippen molar-refractivity contribution in [3.05, 3.63) is 18.3 Å². The lowest BCUT2D eigenvalue weighted by Gasteiger charge is -2.21. The molecule has 0 aliphatic carbocycles. The molecular formula is C11H16BNO4. The molecule has 1 aliphatic rings. The zero-order valence-corrected chi connectivity index (χ0v) is 9.58. The molecule has 1 aliphatic heterocycles. The second-order valence-electron chi connectivity index (χ2n) is 4.17. The van der Waals surface area contributed by atoms with E-state index in [1.807, 2.05) is 0 Å². The molecule has 5 nitrogen and oxygen atoms in total. The van der Waals surface area contributed by atoms with Crippen LogP contribution < -0.4 is 10.2 Å². The molecule has 1 aromatic heterocycles. The summed E-state index contributed by atoms with van der Waals surface area (Å²) in [6, 6.07) is 3.24. The summed E-state index contributed by atoms with van der Waals surface area (Å²) in [5.74, 6) is 1.04. The van der Waals surface area contributed by atoms with E-state index in [1.54, 1.807) is 12.1 Å². The highest BCUT2D eigenvalue weighted by Gasteiger charge is 2.15. The van der Waals surface area contributed by atoms with Crippen molar-refractivity contribution in [2.45, 2.75) is 12.8 Å². The number of rotatable bonds is 4. The van der Waals surface area contributed by atoms with Crippen molar-refractivity contribution in [3.63, 3.8) is 0 Å². The Balaban J connectivity index is 1.82. The van der Waals surface area contributed by atoms with Gasteiger partial charge in [0.25, 0.3) is 0 Å². The van der Waals surface area contributed by atoms with Crippen molar-refractivity contribution < 1.29 is 19.5 Å². The van der Waals surface area contributed by atoms with Crippen LogP contribution in [-0.2, 0) is 4.74 Å². The van der Waals surface area contributed by atoms with Gasteiger partial charge in [-0.3, -0.25) is 0 Å². The predicted molar refractivity (Wildman–Crippen MR) is 63.1 cm³/mol. The van der Waals surface area contributed by atoms with Crippen LogP contribution in [0.1, 0.15) is 12.8 Å². The molecule has 2 N–H and O–H groups in total. The van der Waals surface area contributed by atoms with Gasteiger partial charge in [-0.1, -0.05) is 6.07 Å². The lowest BCUT2D eigenvalue weighted by atomic mass is 9.82. The van der Waals surface area contributed by atoms with Crippen molar-refractivity contribution in [2.75, 3.05) is 19.8 Å². The van der Waals surface area contributed by atoms with E-state index < -0.39 is 7.12 Å². The first-order chi connectivity index (χ1) is 8.25. The van der Waals surface area contributed by atoms with E-state index in [0.717, 1.165) is 26.1 Å². The Bertz CT molecular complexity index is 338. The van der Waals surface area contributed by atoms with E-state index in [2.05, 4.69) is 4.98 Å². The van der Waals surface area contributed by atoms with Crippen LogP contribution in [0.15, 0.2) is 18.3 Å². The van der Waals surface area contributed by atoms with Gasteiger partial charge in [-0.05, 0) is 24.8 Å². The Morgan fingerprint density at radius 3 is 2.71 bits per heavy atom. The first-order valence-corrected chi connectivity index (χ1v) is 5.78. The maximum absolute atomic E-state index is 8.91. The van der Waals surface area contributed by atoms with Gasteiger partial charge in [-0.2, -0.15) is 0 Å². The highest BCUT2D eigenvalue weighted by molar-refractivity contribution is 6.58. The van der Waals surface area contributed by atoms with Gasteiger partial charge in [0.2, 0.25) is 5.88 Å². The summed E-state index contributed by atoms with van der Waals surface area (Å²) in [5, 5.41) is 17.8. The van der Waals surface area contributed by atoms with Crippen LogP contribution in [0.3, 0.4) is 0 Å². The van der Waals surface area contributed by atoms with Gasteiger partial charge in [-0.25, -0.2) is 4.98 Å². The molecule has 17 heavy (non-hydrogen) atoms. The smallest absolute Gasteiger partial charge is 0.477 e. The van der Waals surface area contributed by atoms with Crippen molar-refractivity contribution in [2.24, 2.45) is 5.92 Å². The van der Waals surface area contributed by atoms with E-state index >= 15 is 0 Å². The topological polar surface area (TPSA) is 71.8 Å². The molecule has 0 radical (unpaired) electrons. The molecule has 6 heteroatoms. The van der Waals surface area contributed by atoms with Gasteiger partial charge >= 0.3 is 7.12 Å². The maximum atomic E-state index is 8.91. The average Bonchev–Trinajstić information content (AvgIpc) is 2.38. The molecular weight excluding hydrogens is 221 g/mol. The summed E-state index contributed by atoms with van der Waals surface area (Å²) < 4.78 is 10.8. The van der Waals surface area contributed by atoms with Crippen LogP contribution in [0.4, 0.5) is 0 Å². The molecule has 92 valence electrons. The van der Waals surface area contributed by atoms with Crippen molar-refractivity contribution in [1.82, 2.24) is 4.98 Å². The van der Waals surface area contributed by atoms with Gasteiger partial charge in [0.15, 0.2) is 0 Å². The van der Waals surface area contributed by atoms with Crippen LogP contribution >= 0.6 is 0 Å². The predicted octanol–water partition coefficient (Wildman–Crippen LogP) is -0.433. The first kappa shape index (κ1) is 12.4. The fraction of sp³-hybridized carbons (Fsp3) is 0.545. The van der Waals surface area contributed by atoms with Crippen molar-refractivity contribution in [1.29, 1.82) is 0 Å². The van der Waals surface area contributed by atoms with Crippen LogP contribution in [-0.4, -0.2) is 42.0 Å². The maximum Gasteiger partial charge on any atom is 0.490 e. The molecule has 0 unspecified atom stereocenters. The minimum atomic E-state index is -1.48. The van der Waals surface area contributed by atoms with Gasteiger partial charge in [0, 0.05) is 24.9 Å². The molecule has 0 atom stereocenters. The minimum absolute atomic E-state index is 0.364. The first-order valence-electron chi connectivity index (χ1n) is 5.78. The van der Waals surface area contributed by atoms with E-state index in [9.17, 15) is 0 Å². The van der Waals surface area contributed by atoms with Crippen LogP contribution in [0.2, 0.25) is 0 Å². The van der Waals surface area contributed by atoms with Crippen molar-refractivity contribution >= 4 is 12.6 Å². The molecule has 0 amide bonds. The summed E-state index contributed by atoms with van der Waals surface area (Å²) in [6.07, 6.45) is 3.45. The van der Waals surface area contributed by atoms with Gasteiger partial charge in [-0.15, -0.1) is 0 Å². The molecule has 0 bridgehead atoms. The molecule has 2 rings (SSSR count).